The molecule has 124 valence electrons. The summed E-state index contributed by atoms with van der Waals surface area (Å²) in [5.41, 5.74) is 0. The van der Waals surface area contributed by atoms with Gasteiger partial charge in [0.15, 0.2) is 11.5 Å². The van der Waals surface area contributed by atoms with Gasteiger partial charge in [-0.2, -0.15) is 0 Å². The van der Waals surface area contributed by atoms with E-state index in [1.165, 1.54) is 0 Å². The SMILES string of the molecule is CCCCNC(=O)c1ccc(COc2c(Cl)cc(Cl)cc2Cl)o1. The molecule has 0 saturated carbocycles. The molecule has 1 aromatic carbocycles. The Morgan fingerprint density at radius 3 is 2.57 bits per heavy atom. The van der Waals surface area contributed by atoms with Crippen LogP contribution in [0.1, 0.15) is 36.1 Å². The summed E-state index contributed by atoms with van der Waals surface area (Å²) in [6.07, 6.45) is 1.94. The molecule has 1 aromatic heterocycles. The van der Waals surface area contributed by atoms with Gasteiger partial charge in [0, 0.05) is 11.6 Å². The minimum absolute atomic E-state index is 0.101. The van der Waals surface area contributed by atoms with E-state index in [1.807, 2.05) is 0 Å². The lowest BCUT2D eigenvalue weighted by molar-refractivity contribution is 0.0921. The summed E-state index contributed by atoms with van der Waals surface area (Å²) in [6, 6.07) is 6.36. The van der Waals surface area contributed by atoms with Crippen molar-refractivity contribution in [3.8, 4) is 5.75 Å². The Bertz CT molecular complexity index is 662. The Morgan fingerprint density at radius 1 is 1.22 bits per heavy atom. The van der Waals surface area contributed by atoms with Crippen LogP contribution in [0.15, 0.2) is 28.7 Å². The summed E-state index contributed by atoms with van der Waals surface area (Å²) in [5.74, 6) is 0.816. The summed E-state index contributed by atoms with van der Waals surface area (Å²) < 4.78 is 11.0. The second-order valence-corrected chi connectivity index (χ2v) is 6.11. The van der Waals surface area contributed by atoms with E-state index in [0.29, 0.717) is 33.1 Å². The number of carbonyl (C=O) groups is 1. The van der Waals surface area contributed by atoms with Crippen molar-refractivity contribution in [3.63, 3.8) is 0 Å². The molecule has 1 amide bonds. The predicted molar refractivity (Wildman–Crippen MR) is 91.8 cm³/mol. The van der Waals surface area contributed by atoms with Gasteiger partial charge in [-0.3, -0.25) is 4.79 Å². The number of benzene rings is 1. The topological polar surface area (TPSA) is 51.5 Å². The second-order valence-electron chi connectivity index (χ2n) is 4.86. The van der Waals surface area contributed by atoms with Crippen molar-refractivity contribution in [1.29, 1.82) is 0 Å². The fourth-order valence-corrected chi connectivity index (χ4v) is 2.78. The number of rotatable bonds is 7. The van der Waals surface area contributed by atoms with Gasteiger partial charge in [0.25, 0.3) is 5.91 Å². The first-order valence-corrected chi connectivity index (χ1v) is 8.29. The highest BCUT2D eigenvalue weighted by atomic mass is 35.5. The van der Waals surface area contributed by atoms with E-state index < -0.39 is 0 Å². The fourth-order valence-electron chi connectivity index (χ4n) is 1.85. The van der Waals surface area contributed by atoms with Gasteiger partial charge < -0.3 is 14.5 Å². The van der Waals surface area contributed by atoms with E-state index in [2.05, 4.69) is 12.2 Å². The third-order valence-electron chi connectivity index (χ3n) is 3.02. The van der Waals surface area contributed by atoms with E-state index in [0.717, 1.165) is 12.8 Å². The normalized spacial score (nSPS) is 10.6. The van der Waals surface area contributed by atoms with Gasteiger partial charge in [-0.15, -0.1) is 0 Å². The molecule has 23 heavy (non-hydrogen) atoms. The van der Waals surface area contributed by atoms with Crippen LogP contribution in [0.3, 0.4) is 0 Å². The maximum Gasteiger partial charge on any atom is 0.286 e. The molecule has 4 nitrogen and oxygen atoms in total. The Hall–Kier alpha value is -1.36. The average molecular weight is 377 g/mol. The third-order valence-corrected chi connectivity index (χ3v) is 3.80. The molecule has 0 radical (unpaired) electrons. The third kappa shape index (κ3) is 5.06. The van der Waals surface area contributed by atoms with Crippen LogP contribution >= 0.6 is 34.8 Å². The van der Waals surface area contributed by atoms with E-state index in [9.17, 15) is 4.79 Å². The second kappa shape index (κ2) is 8.48. The highest BCUT2D eigenvalue weighted by Gasteiger charge is 2.13. The highest BCUT2D eigenvalue weighted by molar-refractivity contribution is 6.40. The van der Waals surface area contributed by atoms with Crippen molar-refractivity contribution >= 4 is 40.7 Å². The number of furan rings is 1. The van der Waals surface area contributed by atoms with Gasteiger partial charge in [0.2, 0.25) is 0 Å². The summed E-state index contributed by atoms with van der Waals surface area (Å²) in [7, 11) is 0. The number of carbonyl (C=O) groups excluding carboxylic acids is 1. The number of unbranched alkanes of at least 4 members (excludes halogenated alkanes) is 1. The number of hydrogen-bond donors (Lipinski definition) is 1. The molecule has 7 heteroatoms. The monoisotopic (exact) mass is 375 g/mol. The number of halogens is 3. The number of hydrogen-bond acceptors (Lipinski definition) is 3. The van der Waals surface area contributed by atoms with Gasteiger partial charge in [-0.25, -0.2) is 0 Å². The van der Waals surface area contributed by atoms with Gasteiger partial charge in [-0.1, -0.05) is 48.1 Å². The maximum absolute atomic E-state index is 11.9. The van der Waals surface area contributed by atoms with Crippen molar-refractivity contribution in [2.24, 2.45) is 0 Å². The van der Waals surface area contributed by atoms with Crippen LogP contribution in [-0.4, -0.2) is 12.5 Å². The summed E-state index contributed by atoms with van der Waals surface area (Å²) >= 11 is 17.9. The largest absolute Gasteiger partial charge is 0.483 e. The zero-order valence-electron chi connectivity index (χ0n) is 12.5. The molecule has 0 fully saturated rings. The van der Waals surface area contributed by atoms with Crippen molar-refractivity contribution in [2.75, 3.05) is 6.54 Å². The van der Waals surface area contributed by atoms with E-state index in [4.69, 9.17) is 44.0 Å². The maximum atomic E-state index is 11.9. The molecular weight excluding hydrogens is 361 g/mol. The molecule has 0 aliphatic rings. The molecule has 0 unspecified atom stereocenters. The van der Waals surface area contributed by atoms with Crippen LogP contribution in [-0.2, 0) is 6.61 Å². The quantitative estimate of drug-likeness (QED) is 0.663. The highest BCUT2D eigenvalue weighted by Crippen LogP contribution is 2.36. The van der Waals surface area contributed by atoms with Gasteiger partial charge in [0.1, 0.15) is 12.4 Å². The van der Waals surface area contributed by atoms with Crippen LogP contribution in [0.5, 0.6) is 5.75 Å². The number of amides is 1. The first-order valence-electron chi connectivity index (χ1n) is 7.15. The summed E-state index contributed by atoms with van der Waals surface area (Å²) in [5, 5.41) is 3.83. The summed E-state index contributed by atoms with van der Waals surface area (Å²) in [4.78, 5) is 11.9. The molecule has 0 bridgehead atoms. The van der Waals surface area contributed by atoms with Crippen LogP contribution in [0, 0.1) is 0 Å². The van der Waals surface area contributed by atoms with E-state index in [-0.39, 0.29) is 18.3 Å². The molecule has 0 aliphatic heterocycles. The molecule has 2 rings (SSSR count). The molecule has 0 saturated heterocycles. The van der Waals surface area contributed by atoms with Crippen molar-refractivity contribution in [1.82, 2.24) is 5.32 Å². The average Bonchev–Trinajstić information content (AvgIpc) is 2.95. The molecule has 2 aromatic rings. The molecule has 0 atom stereocenters. The van der Waals surface area contributed by atoms with Gasteiger partial charge >= 0.3 is 0 Å². The Kier molecular flexibility index (Phi) is 6.63. The minimum Gasteiger partial charge on any atom is -0.483 e. The molecule has 0 aliphatic carbocycles. The zero-order valence-corrected chi connectivity index (χ0v) is 14.8. The molecular formula is C16H16Cl3NO3. The van der Waals surface area contributed by atoms with Crippen LogP contribution in [0.25, 0.3) is 0 Å². The fraction of sp³-hybridized carbons (Fsp3) is 0.312. The van der Waals surface area contributed by atoms with Crippen LogP contribution < -0.4 is 10.1 Å². The number of nitrogens with one attached hydrogen (secondary N) is 1. The van der Waals surface area contributed by atoms with E-state index in [1.54, 1.807) is 24.3 Å². The van der Waals surface area contributed by atoms with Crippen molar-refractivity contribution in [3.05, 3.63) is 50.9 Å². The van der Waals surface area contributed by atoms with Gasteiger partial charge in [0.05, 0.1) is 10.0 Å². The van der Waals surface area contributed by atoms with Crippen molar-refractivity contribution < 1.29 is 13.9 Å². The number of ether oxygens (including phenoxy) is 1. The minimum atomic E-state index is -0.243. The van der Waals surface area contributed by atoms with Crippen molar-refractivity contribution in [2.45, 2.75) is 26.4 Å². The van der Waals surface area contributed by atoms with Crippen LogP contribution in [0.4, 0.5) is 0 Å². The van der Waals surface area contributed by atoms with E-state index >= 15 is 0 Å². The Balaban J connectivity index is 1.96. The molecule has 1 heterocycles. The van der Waals surface area contributed by atoms with Gasteiger partial charge in [-0.05, 0) is 30.7 Å². The lowest BCUT2D eigenvalue weighted by Gasteiger charge is -2.09. The lowest BCUT2D eigenvalue weighted by atomic mass is 10.3. The zero-order chi connectivity index (χ0) is 16.8. The standard InChI is InChI=1S/C16H16Cl3NO3/c1-2-3-6-20-16(21)14-5-4-11(23-14)9-22-15-12(18)7-10(17)8-13(15)19/h4-5,7-8H,2-3,6,9H2,1H3,(H,20,21). The first-order chi connectivity index (χ1) is 11.0. The lowest BCUT2D eigenvalue weighted by Crippen LogP contribution is -2.23. The van der Waals surface area contributed by atoms with Crippen LogP contribution in [0.2, 0.25) is 15.1 Å². The Morgan fingerprint density at radius 2 is 1.91 bits per heavy atom. The predicted octanol–water partition coefficient (Wildman–Crippen LogP) is 5.35. The first kappa shape index (κ1) is 18.0. The molecule has 1 N–H and O–H groups in total. The smallest absolute Gasteiger partial charge is 0.286 e. The molecule has 0 spiro atoms. The Labute approximate surface area is 149 Å². The summed E-state index contributed by atoms with van der Waals surface area (Å²) in [6.45, 7) is 2.78.